The molecule has 6 nitrogen and oxygen atoms in total. The largest absolute Gasteiger partial charge is 0.383 e. The average Bonchev–Trinajstić information content (AvgIpc) is 2.61. The van der Waals surface area contributed by atoms with Crippen molar-refractivity contribution in [1.29, 1.82) is 5.26 Å². The van der Waals surface area contributed by atoms with Crippen LogP contribution in [-0.2, 0) is 6.42 Å². The summed E-state index contributed by atoms with van der Waals surface area (Å²) in [4.78, 5) is 8.02. The van der Waals surface area contributed by atoms with Crippen molar-refractivity contribution in [3.8, 4) is 6.07 Å². The van der Waals surface area contributed by atoms with Crippen LogP contribution >= 0.6 is 0 Å². The van der Waals surface area contributed by atoms with Crippen LogP contribution < -0.4 is 16.1 Å². The highest BCUT2D eigenvalue weighted by Gasteiger charge is 2.15. The first-order valence-corrected chi connectivity index (χ1v) is 7.56. The first-order chi connectivity index (χ1) is 11.8. The second kappa shape index (κ2) is 7.20. The van der Waals surface area contributed by atoms with E-state index in [2.05, 4.69) is 15.5 Å². The number of aromatic nitrogens is 2. The van der Waals surface area contributed by atoms with Gasteiger partial charge in [0.15, 0.2) is 11.4 Å². The minimum atomic E-state index is 0.0715. The summed E-state index contributed by atoms with van der Waals surface area (Å²) < 4.78 is 0. The lowest BCUT2D eigenvalue weighted by atomic mass is 10.1. The third-order valence-corrected chi connectivity index (χ3v) is 3.49. The van der Waals surface area contributed by atoms with E-state index in [0.717, 1.165) is 22.3 Å². The van der Waals surface area contributed by atoms with Gasteiger partial charge in [0.05, 0.1) is 12.5 Å². The van der Waals surface area contributed by atoms with Crippen LogP contribution in [0, 0.1) is 11.3 Å². The summed E-state index contributed by atoms with van der Waals surface area (Å²) >= 11 is 0. The van der Waals surface area contributed by atoms with Gasteiger partial charge in [0.1, 0.15) is 11.2 Å². The summed E-state index contributed by atoms with van der Waals surface area (Å²) in [6.07, 6.45) is 0.722. The molecule has 0 spiro atoms. The Kier molecular flexibility index (Phi) is 4.63. The van der Waals surface area contributed by atoms with Gasteiger partial charge in [0, 0.05) is 6.42 Å². The van der Waals surface area contributed by atoms with Gasteiger partial charge in [-0.3, -0.25) is 0 Å². The Hall–Kier alpha value is -3.46. The number of amidine groups is 1. The van der Waals surface area contributed by atoms with Crippen LogP contribution in [0.2, 0.25) is 0 Å². The first kappa shape index (κ1) is 15.4. The number of aromatic amines is 1. The van der Waals surface area contributed by atoms with Crippen LogP contribution in [0.3, 0.4) is 0 Å². The van der Waals surface area contributed by atoms with Crippen molar-refractivity contribution in [2.24, 2.45) is 10.8 Å². The minimum absolute atomic E-state index is 0.0715. The quantitative estimate of drug-likeness (QED) is 0.428. The lowest BCUT2D eigenvalue weighted by molar-refractivity contribution is -0.328. The zero-order chi connectivity index (χ0) is 16.8. The molecule has 3 rings (SSSR count). The first-order valence-electron chi connectivity index (χ1n) is 7.56. The molecule has 0 fully saturated rings. The number of hydrazone groups is 1. The number of nitriles is 1. The van der Waals surface area contributed by atoms with Crippen LogP contribution in [-0.4, -0.2) is 10.8 Å². The fourth-order valence-corrected chi connectivity index (χ4v) is 2.34. The van der Waals surface area contributed by atoms with E-state index < -0.39 is 0 Å². The fraction of sp³-hybridized carbons (Fsp3) is 0.111. The maximum Gasteiger partial charge on any atom is 0.320 e. The molecule has 1 heterocycles. The highest BCUT2D eigenvalue weighted by molar-refractivity contribution is 5.82. The van der Waals surface area contributed by atoms with Crippen LogP contribution in [0.1, 0.15) is 17.7 Å². The van der Waals surface area contributed by atoms with Crippen LogP contribution in [0.5, 0.6) is 0 Å². The second-order valence-corrected chi connectivity index (χ2v) is 5.29. The van der Waals surface area contributed by atoms with Gasteiger partial charge in [0.25, 0.3) is 0 Å². The summed E-state index contributed by atoms with van der Waals surface area (Å²) in [5.74, 6) is 0.892. The maximum atomic E-state index is 8.67. The lowest BCUT2D eigenvalue weighted by Gasteiger charge is -2.05. The molecule has 0 aliphatic carbocycles. The van der Waals surface area contributed by atoms with Crippen molar-refractivity contribution >= 4 is 22.7 Å². The Morgan fingerprint density at radius 3 is 2.71 bits per heavy atom. The van der Waals surface area contributed by atoms with Gasteiger partial charge < -0.3 is 5.73 Å². The van der Waals surface area contributed by atoms with Gasteiger partial charge in [-0.1, -0.05) is 47.6 Å². The van der Waals surface area contributed by atoms with Crippen LogP contribution in [0.4, 0.5) is 5.82 Å². The number of nitrogens with zero attached hydrogens (tertiary/aromatic N) is 3. The van der Waals surface area contributed by atoms with Crippen molar-refractivity contribution in [2.75, 3.05) is 5.43 Å². The molecule has 0 saturated heterocycles. The third-order valence-electron chi connectivity index (χ3n) is 3.49. The van der Waals surface area contributed by atoms with E-state index in [-0.39, 0.29) is 12.3 Å². The summed E-state index contributed by atoms with van der Waals surface area (Å²) in [6.45, 7) is 0. The smallest absolute Gasteiger partial charge is 0.320 e. The van der Waals surface area contributed by atoms with Gasteiger partial charge in [-0.2, -0.15) is 5.26 Å². The molecule has 0 atom stereocenters. The Bertz CT molecular complexity index is 912. The monoisotopic (exact) mass is 317 g/mol. The molecule has 6 heteroatoms. The van der Waals surface area contributed by atoms with Crippen molar-refractivity contribution in [3.05, 3.63) is 65.9 Å². The molecule has 1 aromatic heterocycles. The molecule has 0 aliphatic heterocycles. The predicted octanol–water partition coefficient (Wildman–Crippen LogP) is 2.24. The van der Waals surface area contributed by atoms with E-state index in [9.17, 15) is 0 Å². The molecule has 3 aromatic rings. The van der Waals surface area contributed by atoms with Crippen molar-refractivity contribution < 1.29 is 4.98 Å². The van der Waals surface area contributed by atoms with E-state index in [1.807, 2.05) is 60.7 Å². The zero-order valence-electron chi connectivity index (χ0n) is 13.0. The van der Waals surface area contributed by atoms with Gasteiger partial charge in [-0.25, -0.2) is 9.97 Å². The Morgan fingerprint density at radius 2 is 1.92 bits per heavy atom. The van der Waals surface area contributed by atoms with Gasteiger partial charge in [0.2, 0.25) is 0 Å². The number of fused-ring (bicyclic) bond motifs is 1. The molecular formula is C18H17N6+. The predicted molar refractivity (Wildman–Crippen MR) is 93.0 cm³/mol. The van der Waals surface area contributed by atoms with Gasteiger partial charge in [-0.05, 0) is 17.7 Å². The SMILES string of the molecule is N#CCC(N)=NNc1[nH+]c2ccccc2nc1Cc1ccccc1. The normalized spacial score (nSPS) is 11.2. The Morgan fingerprint density at radius 1 is 1.17 bits per heavy atom. The molecular weight excluding hydrogens is 300 g/mol. The van der Waals surface area contributed by atoms with Gasteiger partial charge in [-0.15, -0.1) is 5.43 Å². The number of H-pyrrole nitrogens is 1. The van der Waals surface area contributed by atoms with Crippen molar-refractivity contribution in [3.63, 3.8) is 0 Å². The molecule has 0 bridgehead atoms. The van der Waals surface area contributed by atoms with E-state index in [4.69, 9.17) is 16.0 Å². The van der Waals surface area contributed by atoms with E-state index in [1.54, 1.807) is 0 Å². The number of rotatable bonds is 5. The number of para-hydroxylation sites is 2. The molecule has 0 aliphatic rings. The number of hydrogen-bond donors (Lipinski definition) is 2. The van der Waals surface area contributed by atoms with Crippen molar-refractivity contribution in [1.82, 2.24) is 4.98 Å². The van der Waals surface area contributed by atoms with Crippen LogP contribution in [0.15, 0.2) is 59.7 Å². The number of anilines is 1. The molecule has 0 unspecified atom stereocenters. The fourth-order valence-electron chi connectivity index (χ4n) is 2.34. The molecule has 2 aromatic carbocycles. The lowest BCUT2D eigenvalue weighted by Crippen LogP contribution is -2.19. The highest BCUT2D eigenvalue weighted by atomic mass is 15.3. The molecule has 24 heavy (non-hydrogen) atoms. The zero-order valence-corrected chi connectivity index (χ0v) is 13.0. The summed E-state index contributed by atoms with van der Waals surface area (Å²) in [5.41, 5.74) is 12.3. The van der Waals surface area contributed by atoms with E-state index in [1.165, 1.54) is 0 Å². The maximum absolute atomic E-state index is 8.67. The molecule has 0 saturated carbocycles. The Labute approximate surface area is 139 Å². The molecule has 0 amide bonds. The van der Waals surface area contributed by atoms with Gasteiger partial charge >= 0.3 is 5.82 Å². The molecule has 118 valence electrons. The Balaban J connectivity index is 1.99. The summed E-state index contributed by atoms with van der Waals surface area (Å²) in [5, 5.41) is 12.7. The summed E-state index contributed by atoms with van der Waals surface area (Å²) in [6, 6.07) is 19.8. The molecule has 0 radical (unpaired) electrons. The van der Waals surface area contributed by atoms with E-state index in [0.29, 0.717) is 12.2 Å². The van der Waals surface area contributed by atoms with Crippen molar-refractivity contribution in [2.45, 2.75) is 12.8 Å². The topological polar surface area (TPSA) is 101 Å². The van der Waals surface area contributed by atoms with Crippen LogP contribution in [0.25, 0.3) is 11.0 Å². The highest BCUT2D eigenvalue weighted by Crippen LogP contribution is 2.16. The standard InChI is InChI=1S/C18H16N6/c19-11-10-17(20)23-24-18-16(12-13-6-2-1-3-7-13)21-14-8-4-5-9-15(14)22-18/h1-9H,10,12H2,(H2,20,23)(H,22,24)/p+1. The number of nitrogens with one attached hydrogen (secondary N) is 2. The average molecular weight is 317 g/mol. The molecule has 4 N–H and O–H groups in total. The van der Waals surface area contributed by atoms with E-state index >= 15 is 0 Å². The minimum Gasteiger partial charge on any atom is -0.383 e. The summed E-state index contributed by atoms with van der Waals surface area (Å²) in [7, 11) is 0. The second-order valence-electron chi connectivity index (χ2n) is 5.29. The number of hydrogen-bond acceptors (Lipinski definition) is 4. The number of benzene rings is 2. The number of nitrogens with two attached hydrogens (primary N) is 1. The third kappa shape index (κ3) is 3.65.